The zero-order chi connectivity index (χ0) is 25.5. The van der Waals surface area contributed by atoms with Crippen molar-refractivity contribution in [1.82, 2.24) is 9.97 Å². The van der Waals surface area contributed by atoms with E-state index in [1.165, 1.54) is 12.4 Å². The fourth-order valence-electron chi connectivity index (χ4n) is 3.36. The smallest absolute Gasteiger partial charge is 0.381 e. The van der Waals surface area contributed by atoms with Gasteiger partial charge in [-0.05, 0) is 50.6 Å². The van der Waals surface area contributed by atoms with Crippen LogP contribution < -0.4 is 5.32 Å². The van der Waals surface area contributed by atoms with Gasteiger partial charge in [0.25, 0.3) is 5.91 Å². The van der Waals surface area contributed by atoms with E-state index in [1.54, 1.807) is 32.0 Å². The number of rotatable bonds is 4. The number of halogens is 4. The van der Waals surface area contributed by atoms with Gasteiger partial charge >= 0.3 is 6.18 Å². The summed E-state index contributed by atoms with van der Waals surface area (Å²) in [7, 11) is 0. The molecule has 0 spiro atoms. The number of carbonyl (C=O) groups is 2. The summed E-state index contributed by atoms with van der Waals surface area (Å²) in [5.74, 6) is -2.48. The first-order chi connectivity index (χ1) is 16.3. The van der Waals surface area contributed by atoms with Crippen LogP contribution in [0.25, 0.3) is 11.3 Å². The van der Waals surface area contributed by atoms with Gasteiger partial charge in [-0.1, -0.05) is 17.3 Å². The fourth-order valence-corrected chi connectivity index (χ4v) is 3.36. The lowest BCUT2D eigenvalue weighted by atomic mass is 9.93. The zero-order valence-electron chi connectivity index (χ0n) is 18.7. The number of oxime groups is 1. The SMILES string of the molecule is Cc1ccc(C2=NOC(C)(C)C2=O)cc1-c1cnc(NC(=O)c2cc(F)cc(C(F)(F)F)c2)cn1. The lowest BCUT2D eigenvalue weighted by Gasteiger charge is -2.12. The third-order valence-corrected chi connectivity index (χ3v) is 5.29. The molecule has 35 heavy (non-hydrogen) atoms. The Morgan fingerprint density at radius 1 is 1.06 bits per heavy atom. The minimum Gasteiger partial charge on any atom is -0.381 e. The minimum absolute atomic E-state index is 0.0455. The van der Waals surface area contributed by atoms with Gasteiger partial charge in [-0.3, -0.25) is 14.6 Å². The Morgan fingerprint density at radius 2 is 1.80 bits per heavy atom. The summed E-state index contributed by atoms with van der Waals surface area (Å²) in [6.07, 6.45) is -2.23. The molecule has 0 radical (unpaired) electrons. The van der Waals surface area contributed by atoms with Crippen LogP contribution in [0.2, 0.25) is 0 Å². The fraction of sp³-hybridized carbons (Fsp3) is 0.208. The van der Waals surface area contributed by atoms with Crippen molar-refractivity contribution in [2.45, 2.75) is 32.5 Å². The lowest BCUT2D eigenvalue weighted by molar-refractivity contribution is -0.137. The third-order valence-electron chi connectivity index (χ3n) is 5.29. The van der Waals surface area contributed by atoms with E-state index in [2.05, 4.69) is 20.4 Å². The van der Waals surface area contributed by atoms with Crippen LogP contribution in [0.5, 0.6) is 0 Å². The van der Waals surface area contributed by atoms with E-state index in [4.69, 9.17) is 4.84 Å². The van der Waals surface area contributed by atoms with Crippen molar-refractivity contribution in [2.24, 2.45) is 5.16 Å². The van der Waals surface area contributed by atoms with Gasteiger partial charge in [0.15, 0.2) is 17.1 Å². The summed E-state index contributed by atoms with van der Waals surface area (Å²) < 4.78 is 52.3. The average Bonchev–Trinajstić information content (AvgIpc) is 3.06. The van der Waals surface area contributed by atoms with E-state index >= 15 is 0 Å². The van der Waals surface area contributed by atoms with Crippen LogP contribution in [0.15, 0.2) is 53.9 Å². The predicted molar refractivity (Wildman–Crippen MR) is 118 cm³/mol. The highest BCUT2D eigenvalue weighted by molar-refractivity contribution is 6.49. The molecule has 0 aliphatic carbocycles. The molecule has 0 unspecified atom stereocenters. The predicted octanol–water partition coefficient (Wildman–Crippen LogP) is 4.94. The molecule has 3 aromatic rings. The number of amides is 1. The monoisotopic (exact) mass is 486 g/mol. The number of alkyl halides is 3. The van der Waals surface area contributed by atoms with Crippen molar-refractivity contribution < 1.29 is 32.0 Å². The lowest BCUT2D eigenvalue weighted by Crippen LogP contribution is -2.33. The Kier molecular flexibility index (Phi) is 5.87. The van der Waals surface area contributed by atoms with Crippen LogP contribution in [-0.4, -0.2) is 33.0 Å². The van der Waals surface area contributed by atoms with Crippen molar-refractivity contribution in [3.05, 3.63) is 76.9 Å². The van der Waals surface area contributed by atoms with Crippen LogP contribution in [-0.2, 0) is 15.8 Å². The first kappa shape index (κ1) is 24.0. The van der Waals surface area contributed by atoms with Gasteiger partial charge in [0.1, 0.15) is 5.82 Å². The van der Waals surface area contributed by atoms with E-state index in [0.29, 0.717) is 35.0 Å². The van der Waals surface area contributed by atoms with Gasteiger partial charge in [-0.15, -0.1) is 0 Å². The molecule has 7 nitrogen and oxygen atoms in total. The van der Waals surface area contributed by atoms with Crippen LogP contribution in [0.4, 0.5) is 23.4 Å². The second-order valence-corrected chi connectivity index (χ2v) is 8.37. The number of carbonyl (C=O) groups excluding carboxylic acids is 2. The summed E-state index contributed by atoms with van der Waals surface area (Å²) in [4.78, 5) is 38.4. The Morgan fingerprint density at radius 3 is 2.40 bits per heavy atom. The summed E-state index contributed by atoms with van der Waals surface area (Å²) in [5, 5.41) is 6.20. The standard InChI is InChI=1S/C24H18F4N4O3/c1-12-4-5-13(20-21(33)23(2,3)35-32-20)8-17(12)18-10-30-19(11-29-18)31-22(34)14-6-15(24(26,27)28)9-16(25)7-14/h4-11H,1-3H3,(H,30,31,34). The van der Waals surface area contributed by atoms with Crippen molar-refractivity contribution in [3.63, 3.8) is 0 Å². The van der Waals surface area contributed by atoms with Crippen molar-refractivity contribution >= 4 is 23.2 Å². The number of hydrogen-bond acceptors (Lipinski definition) is 6. The molecule has 1 aliphatic heterocycles. The maximum Gasteiger partial charge on any atom is 0.416 e. The number of anilines is 1. The number of aryl methyl sites for hydroxylation is 1. The Balaban J connectivity index is 1.56. The molecule has 0 saturated heterocycles. The van der Waals surface area contributed by atoms with E-state index < -0.39 is 34.6 Å². The van der Waals surface area contributed by atoms with Gasteiger partial charge in [0, 0.05) is 16.7 Å². The molecule has 1 aromatic heterocycles. The molecule has 0 saturated carbocycles. The first-order valence-corrected chi connectivity index (χ1v) is 10.3. The molecule has 0 bridgehead atoms. The molecule has 11 heteroatoms. The topological polar surface area (TPSA) is 93.5 Å². The number of Topliss-reactive ketones (excluding diaryl/α,β-unsaturated/α-hetero) is 1. The first-order valence-electron chi connectivity index (χ1n) is 10.3. The minimum atomic E-state index is -4.80. The highest BCUT2D eigenvalue weighted by Gasteiger charge is 2.40. The van der Waals surface area contributed by atoms with Gasteiger partial charge in [-0.25, -0.2) is 9.37 Å². The van der Waals surface area contributed by atoms with E-state index in [0.717, 1.165) is 5.56 Å². The molecule has 4 rings (SSSR count). The maximum atomic E-state index is 13.6. The van der Waals surface area contributed by atoms with Gasteiger partial charge in [0.2, 0.25) is 5.78 Å². The number of aromatic nitrogens is 2. The van der Waals surface area contributed by atoms with Gasteiger partial charge in [-0.2, -0.15) is 13.2 Å². The maximum absolute atomic E-state index is 13.6. The normalized spacial score (nSPS) is 14.9. The number of ketones is 1. The van der Waals surface area contributed by atoms with E-state index in [9.17, 15) is 27.2 Å². The molecular weight excluding hydrogens is 468 g/mol. The summed E-state index contributed by atoms with van der Waals surface area (Å²) in [6, 6.07) is 6.78. The Labute approximate surface area is 196 Å². The van der Waals surface area contributed by atoms with Crippen LogP contribution in [0.3, 0.4) is 0 Å². The third kappa shape index (κ3) is 4.88. The van der Waals surface area contributed by atoms with Gasteiger partial charge < -0.3 is 10.2 Å². The van der Waals surface area contributed by atoms with Crippen molar-refractivity contribution in [3.8, 4) is 11.3 Å². The molecule has 2 heterocycles. The van der Waals surface area contributed by atoms with Crippen molar-refractivity contribution in [2.75, 3.05) is 5.32 Å². The molecule has 1 N–H and O–H groups in total. The highest BCUT2D eigenvalue weighted by Crippen LogP contribution is 2.31. The summed E-state index contributed by atoms with van der Waals surface area (Å²) >= 11 is 0. The quantitative estimate of drug-likeness (QED) is 0.527. The van der Waals surface area contributed by atoms with Crippen LogP contribution >= 0.6 is 0 Å². The number of nitrogens with zero attached hydrogens (tertiary/aromatic N) is 3. The number of hydrogen-bond donors (Lipinski definition) is 1. The molecule has 1 aliphatic rings. The molecule has 0 atom stereocenters. The average molecular weight is 486 g/mol. The van der Waals surface area contributed by atoms with Crippen molar-refractivity contribution in [1.29, 1.82) is 0 Å². The summed E-state index contributed by atoms with van der Waals surface area (Å²) in [6.45, 7) is 5.07. The molecule has 180 valence electrons. The largest absolute Gasteiger partial charge is 0.416 e. The Hall–Kier alpha value is -4.15. The number of benzene rings is 2. The van der Waals surface area contributed by atoms with Gasteiger partial charge in [0.05, 0.1) is 23.7 Å². The number of nitrogens with one attached hydrogen (secondary N) is 1. The van der Waals surface area contributed by atoms with E-state index in [1.807, 2.05) is 6.92 Å². The van der Waals surface area contributed by atoms with Crippen LogP contribution in [0, 0.1) is 12.7 Å². The molecular formula is C24H18F4N4O3. The second-order valence-electron chi connectivity index (χ2n) is 8.37. The van der Waals surface area contributed by atoms with E-state index in [-0.39, 0.29) is 17.3 Å². The zero-order valence-corrected chi connectivity index (χ0v) is 18.7. The molecule has 2 aromatic carbocycles. The second kappa shape index (κ2) is 8.57. The highest BCUT2D eigenvalue weighted by atomic mass is 19.4. The molecule has 0 fully saturated rings. The summed E-state index contributed by atoms with van der Waals surface area (Å²) in [5.41, 5.74) is -0.245. The van der Waals surface area contributed by atoms with Crippen LogP contribution in [0.1, 0.15) is 40.9 Å². The Bertz CT molecular complexity index is 1370. The molecule has 1 amide bonds.